The molecular formula is C36H49ClN12O9. The molecule has 0 aliphatic carbocycles. The van der Waals surface area contributed by atoms with Crippen LogP contribution in [-0.2, 0) is 69.6 Å². The Morgan fingerprint density at radius 2 is 0.966 bits per heavy atom. The molecule has 3 aliphatic rings. The second-order valence-corrected chi connectivity index (χ2v) is 14.8. The number of H-pyrrole nitrogens is 1. The van der Waals surface area contributed by atoms with Gasteiger partial charge in [-0.15, -0.1) is 11.6 Å². The molecule has 22 heteroatoms. The van der Waals surface area contributed by atoms with Crippen molar-refractivity contribution in [3.63, 3.8) is 0 Å². The lowest BCUT2D eigenvalue weighted by atomic mass is 10.2. The van der Waals surface area contributed by atoms with E-state index in [-0.39, 0.29) is 34.7 Å². The normalized spacial score (nSPS) is 18.9. The molecule has 21 nitrogen and oxygen atoms in total. The molecule has 58 heavy (non-hydrogen) atoms. The third-order valence-electron chi connectivity index (χ3n) is 10.4. The van der Waals surface area contributed by atoms with Crippen LogP contribution >= 0.6 is 11.6 Å². The molecule has 3 fully saturated rings. The molecule has 3 saturated heterocycles. The number of hydrogen-bond donors (Lipinski definition) is 1. The molecule has 3 atom stereocenters. The second kappa shape index (κ2) is 18.0. The molecule has 0 bridgehead atoms. The van der Waals surface area contributed by atoms with Crippen LogP contribution in [0.2, 0.25) is 0 Å². The number of aromatic amines is 1. The van der Waals surface area contributed by atoms with Crippen molar-refractivity contribution in [2.24, 2.45) is 42.3 Å². The fourth-order valence-electron chi connectivity index (χ4n) is 7.13. The Morgan fingerprint density at radius 1 is 0.586 bits per heavy atom. The minimum atomic E-state index is -0.448. The molecule has 6 aromatic heterocycles. The number of alkyl halides is 1. The Morgan fingerprint density at radius 3 is 1.33 bits per heavy atom. The first-order valence-corrected chi connectivity index (χ1v) is 19.5. The van der Waals surface area contributed by atoms with Gasteiger partial charge in [-0.25, -0.2) is 29.3 Å². The van der Waals surface area contributed by atoms with Gasteiger partial charge in [-0.1, -0.05) is 0 Å². The Hall–Kier alpha value is -5.38. The highest BCUT2D eigenvalue weighted by atomic mass is 35.5. The maximum absolute atomic E-state index is 12.4. The highest BCUT2D eigenvalue weighted by molar-refractivity contribution is 6.18. The summed E-state index contributed by atoms with van der Waals surface area (Å²) in [4.78, 5) is 86.0. The monoisotopic (exact) mass is 828 g/mol. The number of imidazole rings is 3. The van der Waals surface area contributed by atoms with E-state index in [1.54, 1.807) is 68.6 Å². The van der Waals surface area contributed by atoms with Gasteiger partial charge < -0.3 is 27.9 Å². The van der Waals surface area contributed by atoms with Gasteiger partial charge in [-0.2, -0.15) is 0 Å². The van der Waals surface area contributed by atoms with E-state index in [1.807, 2.05) is 0 Å². The molecule has 6 aromatic rings. The van der Waals surface area contributed by atoms with E-state index in [1.165, 1.54) is 35.6 Å². The van der Waals surface area contributed by atoms with Crippen molar-refractivity contribution in [3.05, 3.63) is 81.5 Å². The number of aromatic nitrogens is 12. The zero-order chi connectivity index (χ0) is 41.8. The molecule has 0 aromatic carbocycles. The Labute approximate surface area is 334 Å². The highest BCUT2D eigenvalue weighted by Gasteiger charge is 2.23. The molecule has 0 radical (unpaired) electrons. The topological polar surface area (TPSA) is 224 Å². The molecular weight excluding hydrogens is 780 g/mol. The molecule has 9 heterocycles. The number of aryl methyl sites for hydroxylation is 6. The number of nitrogens with zero attached hydrogens (tertiary/aromatic N) is 11. The van der Waals surface area contributed by atoms with Gasteiger partial charge in [0.1, 0.15) is 0 Å². The van der Waals surface area contributed by atoms with E-state index in [0.29, 0.717) is 71.8 Å². The predicted octanol–water partition coefficient (Wildman–Crippen LogP) is -0.410. The number of ether oxygens (including phenoxy) is 3. The van der Waals surface area contributed by atoms with Crippen LogP contribution in [0.25, 0.3) is 33.5 Å². The lowest BCUT2D eigenvalue weighted by Crippen LogP contribution is -2.42. The van der Waals surface area contributed by atoms with Crippen LogP contribution in [-0.4, -0.2) is 100 Å². The predicted molar refractivity (Wildman–Crippen MR) is 215 cm³/mol. The summed E-state index contributed by atoms with van der Waals surface area (Å²) in [6, 6.07) is 0. The summed E-state index contributed by atoms with van der Waals surface area (Å²) in [6.07, 6.45) is 10.9. The van der Waals surface area contributed by atoms with Crippen molar-refractivity contribution in [1.29, 1.82) is 0 Å². The van der Waals surface area contributed by atoms with Gasteiger partial charge in [0.25, 0.3) is 16.7 Å². The largest absolute Gasteiger partial charge is 0.377 e. The zero-order valence-electron chi connectivity index (χ0n) is 33.4. The first-order valence-electron chi connectivity index (χ1n) is 19.0. The van der Waals surface area contributed by atoms with Gasteiger partial charge in [-0.3, -0.25) is 42.2 Å². The van der Waals surface area contributed by atoms with Crippen molar-refractivity contribution in [1.82, 2.24) is 56.5 Å². The lowest BCUT2D eigenvalue weighted by molar-refractivity contribution is 0.0947. The smallest absolute Gasteiger partial charge is 0.332 e. The number of halogens is 1. The molecule has 9 rings (SSSR count). The first kappa shape index (κ1) is 42.2. The van der Waals surface area contributed by atoms with E-state index in [0.717, 1.165) is 38.7 Å². The van der Waals surface area contributed by atoms with Crippen LogP contribution in [0.3, 0.4) is 0 Å². The number of fused-ring (bicyclic) bond motifs is 3. The van der Waals surface area contributed by atoms with Crippen LogP contribution in [0.15, 0.2) is 47.7 Å². The standard InChI is InChI=1S/2C12H16N4O3.C7H8N4O2.C5H9ClO/c2*1-14-7-13-10-9(14)11(17)16(12(18)15(10)2)6-8-4-3-5-19-8;1-10-3-8-5-4(10)6(12)9-7(13)11(5)2;6-4-5-2-1-3-7-5/h2*7-8H,3-6H2,1-2H3;3H,1-2H3,(H,9,12,13);5H,1-4H2. The molecule has 3 unspecified atom stereocenters. The summed E-state index contributed by atoms with van der Waals surface area (Å²) in [7, 11) is 10.0. The maximum Gasteiger partial charge on any atom is 0.332 e. The van der Waals surface area contributed by atoms with Gasteiger partial charge in [0.2, 0.25) is 0 Å². The van der Waals surface area contributed by atoms with Crippen molar-refractivity contribution in [2.75, 3.05) is 25.7 Å². The molecule has 314 valence electrons. The average Bonchev–Trinajstić information content (AvgIpc) is 4.07. The van der Waals surface area contributed by atoms with Crippen molar-refractivity contribution in [3.8, 4) is 0 Å². The fourth-order valence-corrected chi connectivity index (χ4v) is 7.37. The SMILES string of the molecule is ClCC1CCCO1.Cn1cnc2c1c(=O)[nH]c(=O)n2C.Cn1cnc2c1c(=O)n(CC1CCCO1)c(=O)n2C.Cn1cnc2c1c(=O)n(CC1CCCO1)c(=O)n2C. The number of rotatable bonds is 5. The van der Waals surface area contributed by atoms with E-state index in [2.05, 4.69) is 19.9 Å². The lowest BCUT2D eigenvalue weighted by Gasteiger charge is -2.12. The van der Waals surface area contributed by atoms with Crippen molar-refractivity contribution >= 4 is 45.1 Å². The minimum Gasteiger partial charge on any atom is -0.377 e. The Kier molecular flexibility index (Phi) is 13.1. The van der Waals surface area contributed by atoms with Crippen LogP contribution in [0.5, 0.6) is 0 Å². The molecule has 0 spiro atoms. The molecule has 0 amide bonds. The summed E-state index contributed by atoms with van der Waals surface area (Å²) in [5.74, 6) is 0.667. The Bertz CT molecular complexity index is 2640. The van der Waals surface area contributed by atoms with Gasteiger partial charge in [-0.05, 0) is 38.5 Å². The molecule has 3 aliphatic heterocycles. The second-order valence-electron chi connectivity index (χ2n) is 14.5. The van der Waals surface area contributed by atoms with Gasteiger partial charge in [0.05, 0.1) is 50.4 Å². The van der Waals surface area contributed by atoms with Crippen LogP contribution in [0, 0.1) is 0 Å². The highest BCUT2D eigenvalue weighted by Crippen LogP contribution is 2.15. The average molecular weight is 829 g/mol. The van der Waals surface area contributed by atoms with Crippen molar-refractivity contribution < 1.29 is 14.2 Å². The van der Waals surface area contributed by atoms with Gasteiger partial charge in [0, 0.05) is 68.0 Å². The zero-order valence-corrected chi connectivity index (χ0v) is 34.2. The summed E-state index contributed by atoms with van der Waals surface area (Å²) in [5.41, 5.74) is 0.399. The molecule has 1 N–H and O–H groups in total. The van der Waals surface area contributed by atoms with Crippen LogP contribution in [0.1, 0.15) is 38.5 Å². The van der Waals surface area contributed by atoms with E-state index < -0.39 is 11.2 Å². The molecule has 0 saturated carbocycles. The first-order chi connectivity index (χ1) is 27.7. The minimum absolute atomic E-state index is 0.0453. The van der Waals surface area contributed by atoms with E-state index in [4.69, 9.17) is 25.8 Å². The summed E-state index contributed by atoms with van der Waals surface area (Å²) in [6.45, 7) is 2.94. The fraction of sp³-hybridized carbons (Fsp3) is 0.583. The Balaban J connectivity index is 0.000000137. The quantitative estimate of drug-likeness (QED) is 0.219. The maximum atomic E-state index is 12.4. The number of nitrogens with one attached hydrogen (secondary N) is 1. The summed E-state index contributed by atoms with van der Waals surface area (Å²) < 4.78 is 27.7. The van der Waals surface area contributed by atoms with Gasteiger partial charge >= 0.3 is 17.1 Å². The summed E-state index contributed by atoms with van der Waals surface area (Å²) in [5, 5.41) is 0. The van der Waals surface area contributed by atoms with Crippen molar-refractivity contribution in [2.45, 2.75) is 69.9 Å². The third kappa shape index (κ3) is 8.57. The third-order valence-corrected chi connectivity index (χ3v) is 10.7. The van der Waals surface area contributed by atoms with Crippen LogP contribution in [0.4, 0.5) is 0 Å². The number of hydrogen-bond acceptors (Lipinski definition) is 12. The van der Waals surface area contributed by atoms with Gasteiger partial charge in [0.15, 0.2) is 33.5 Å². The van der Waals surface area contributed by atoms with Crippen LogP contribution < -0.4 is 33.7 Å². The van der Waals surface area contributed by atoms with E-state index in [9.17, 15) is 28.8 Å². The van der Waals surface area contributed by atoms with E-state index >= 15 is 0 Å². The summed E-state index contributed by atoms with van der Waals surface area (Å²) >= 11 is 5.48.